The van der Waals surface area contributed by atoms with Crippen molar-refractivity contribution in [1.29, 1.82) is 0 Å². The van der Waals surface area contributed by atoms with Gasteiger partial charge < -0.3 is 0 Å². The van der Waals surface area contributed by atoms with E-state index in [2.05, 4.69) is 0 Å². The van der Waals surface area contributed by atoms with Crippen LogP contribution in [0.4, 0.5) is 13.2 Å². The summed E-state index contributed by atoms with van der Waals surface area (Å²) in [5, 5.41) is 0.150. The van der Waals surface area contributed by atoms with E-state index < -0.39 is 11.7 Å². The SMILES string of the molecule is O=Cc1cccc(-c2cccc(C(F)(F)F)c2)c1Cl. The topological polar surface area (TPSA) is 17.1 Å². The first-order valence-electron chi connectivity index (χ1n) is 5.35. The third-order valence-corrected chi connectivity index (χ3v) is 3.08. The average molecular weight is 285 g/mol. The first kappa shape index (κ1) is 13.6. The van der Waals surface area contributed by atoms with E-state index in [9.17, 15) is 18.0 Å². The summed E-state index contributed by atoms with van der Waals surface area (Å²) in [6.07, 6.45) is -3.84. The Morgan fingerprint density at radius 3 is 2.37 bits per heavy atom. The standard InChI is InChI=1S/C14H8ClF3O/c15-13-10(8-19)4-2-6-12(13)9-3-1-5-11(7-9)14(16,17)18/h1-8H. The van der Waals surface area contributed by atoms with E-state index in [4.69, 9.17) is 11.6 Å². The van der Waals surface area contributed by atoms with E-state index in [1.165, 1.54) is 18.2 Å². The minimum Gasteiger partial charge on any atom is -0.298 e. The number of benzene rings is 2. The molecule has 0 saturated heterocycles. The van der Waals surface area contributed by atoms with Crippen LogP contribution in [0.2, 0.25) is 5.02 Å². The van der Waals surface area contributed by atoms with Crippen molar-refractivity contribution < 1.29 is 18.0 Å². The third kappa shape index (κ3) is 2.79. The van der Waals surface area contributed by atoms with Gasteiger partial charge in [-0.1, -0.05) is 41.9 Å². The molecule has 19 heavy (non-hydrogen) atoms. The molecular formula is C14H8ClF3O. The molecule has 2 aromatic carbocycles. The smallest absolute Gasteiger partial charge is 0.298 e. The molecule has 0 radical (unpaired) electrons. The molecule has 0 amide bonds. The molecule has 2 aromatic rings. The first-order valence-corrected chi connectivity index (χ1v) is 5.72. The molecule has 0 heterocycles. The molecule has 0 bridgehead atoms. The summed E-state index contributed by atoms with van der Waals surface area (Å²) in [6, 6.07) is 9.48. The zero-order chi connectivity index (χ0) is 14.0. The Labute approximate surface area is 112 Å². The first-order chi connectivity index (χ1) is 8.93. The van der Waals surface area contributed by atoms with Crippen LogP contribution in [-0.4, -0.2) is 6.29 Å². The van der Waals surface area contributed by atoms with Gasteiger partial charge >= 0.3 is 6.18 Å². The van der Waals surface area contributed by atoms with Gasteiger partial charge in [-0.3, -0.25) is 4.79 Å². The summed E-state index contributed by atoms with van der Waals surface area (Å²) in [5.41, 5.74) is 0.218. The van der Waals surface area contributed by atoms with Crippen LogP contribution in [0.25, 0.3) is 11.1 Å². The second kappa shape index (κ2) is 5.05. The summed E-state index contributed by atoms with van der Waals surface area (Å²) in [5.74, 6) is 0. The van der Waals surface area contributed by atoms with E-state index in [0.717, 1.165) is 12.1 Å². The highest BCUT2D eigenvalue weighted by molar-refractivity contribution is 6.35. The summed E-state index contributed by atoms with van der Waals surface area (Å²) in [4.78, 5) is 10.8. The van der Waals surface area contributed by atoms with Crippen molar-refractivity contribution in [2.45, 2.75) is 6.18 Å². The van der Waals surface area contributed by atoms with Gasteiger partial charge in [-0.05, 0) is 17.7 Å². The second-order valence-electron chi connectivity index (χ2n) is 3.91. The van der Waals surface area contributed by atoms with Gasteiger partial charge in [-0.15, -0.1) is 0 Å². The molecule has 0 spiro atoms. The van der Waals surface area contributed by atoms with Crippen molar-refractivity contribution in [1.82, 2.24) is 0 Å². The molecular weight excluding hydrogens is 277 g/mol. The Balaban J connectivity index is 2.57. The molecule has 0 atom stereocenters. The van der Waals surface area contributed by atoms with Gasteiger partial charge in [0.25, 0.3) is 0 Å². The summed E-state index contributed by atoms with van der Waals surface area (Å²) in [7, 11) is 0. The van der Waals surface area contributed by atoms with Gasteiger partial charge in [0.2, 0.25) is 0 Å². The van der Waals surface area contributed by atoms with Crippen molar-refractivity contribution in [2.75, 3.05) is 0 Å². The highest BCUT2D eigenvalue weighted by Crippen LogP contribution is 2.35. The van der Waals surface area contributed by atoms with Crippen molar-refractivity contribution in [3.05, 3.63) is 58.6 Å². The number of carbonyl (C=O) groups excluding carboxylic acids is 1. The van der Waals surface area contributed by atoms with Crippen LogP contribution >= 0.6 is 11.6 Å². The van der Waals surface area contributed by atoms with Gasteiger partial charge in [-0.25, -0.2) is 0 Å². The second-order valence-corrected chi connectivity index (χ2v) is 4.28. The minimum absolute atomic E-state index is 0.150. The van der Waals surface area contributed by atoms with E-state index in [1.807, 2.05) is 0 Å². The lowest BCUT2D eigenvalue weighted by Crippen LogP contribution is -2.04. The molecule has 0 aliphatic rings. The molecule has 0 unspecified atom stereocenters. The molecule has 0 fully saturated rings. The molecule has 0 saturated carbocycles. The molecule has 0 aromatic heterocycles. The number of aldehydes is 1. The monoisotopic (exact) mass is 284 g/mol. The van der Waals surface area contributed by atoms with Gasteiger partial charge in [-0.2, -0.15) is 13.2 Å². The Hall–Kier alpha value is -1.81. The predicted molar refractivity (Wildman–Crippen MR) is 67.3 cm³/mol. The molecule has 0 aliphatic heterocycles. The van der Waals surface area contributed by atoms with Crippen molar-refractivity contribution in [3.63, 3.8) is 0 Å². The van der Waals surface area contributed by atoms with Crippen LogP contribution in [0.3, 0.4) is 0 Å². The van der Waals surface area contributed by atoms with Crippen LogP contribution in [0.15, 0.2) is 42.5 Å². The summed E-state index contributed by atoms with van der Waals surface area (Å²) in [6.45, 7) is 0. The van der Waals surface area contributed by atoms with Gasteiger partial charge in [0.15, 0.2) is 6.29 Å². The quantitative estimate of drug-likeness (QED) is 0.721. The van der Waals surface area contributed by atoms with Crippen LogP contribution < -0.4 is 0 Å². The normalized spacial score (nSPS) is 11.4. The van der Waals surface area contributed by atoms with Crippen molar-refractivity contribution in [2.24, 2.45) is 0 Å². The lowest BCUT2D eigenvalue weighted by atomic mass is 10.0. The van der Waals surface area contributed by atoms with Crippen LogP contribution in [0.1, 0.15) is 15.9 Å². The fourth-order valence-corrected chi connectivity index (χ4v) is 2.01. The fourth-order valence-electron chi connectivity index (χ4n) is 1.73. The Bertz CT molecular complexity index is 620. The Morgan fingerprint density at radius 2 is 1.74 bits per heavy atom. The lowest BCUT2D eigenvalue weighted by Gasteiger charge is -2.10. The average Bonchev–Trinajstić information content (AvgIpc) is 2.38. The maximum Gasteiger partial charge on any atom is 0.416 e. The molecule has 0 N–H and O–H groups in total. The van der Waals surface area contributed by atoms with Crippen LogP contribution in [0, 0.1) is 0 Å². The van der Waals surface area contributed by atoms with Crippen LogP contribution in [-0.2, 0) is 6.18 Å². The molecule has 2 rings (SSSR count). The number of alkyl halides is 3. The van der Waals surface area contributed by atoms with Gasteiger partial charge in [0, 0.05) is 11.1 Å². The van der Waals surface area contributed by atoms with E-state index in [-0.39, 0.29) is 10.6 Å². The molecule has 0 aliphatic carbocycles. The number of hydrogen-bond donors (Lipinski definition) is 0. The highest BCUT2D eigenvalue weighted by Gasteiger charge is 2.30. The van der Waals surface area contributed by atoms with Crippen molar-refractivity contribution >= 4 is 17.9 Å². The summed E-state index contributed by atoms with van der Waals surface area (Å²) >= 11 is 6.00. The van der Waals surface area contributed by atoms with E-state index in [0.29, 0.717) is 17.4 Å². The number of hydrogen-bond acceptors (Lipinski definition) is 1. The molecule has 5 heteroatoms. The predicted octanol–water partition coefficient (Wildman–Crippen LogP) is 4.84. The molecule has 1 nitrogen and oxygen atoms in total. The summed E-state index contributed by atoms with van der Waals surface area (Å²) < 4.78 is 37.9. The van der Waals surface area contributed by atoms with Crippen LogP contribution in [0.5, 0.6) is 0 Å². The molecule has 98 valence electrons. The maximum atomic E-state index is 12.6. The van der Waals surface area contributed by atoms with Gasteiger partial charge in [0.1, 0.15) is 0 Å². The van der Waals surface area contributed by atoms with Gasteiger partial charge in [0.05, 0.1) is 10.6 Å². The highest BCUT2D eigenvalue weighted by atomic mass is 35.5. The zero-order valence-corrected chi connectivity index (χ0v) is 10.3. The Morgan fingerprint density at radius 1 is 1.05 bits per heavy atom. The maximum absolute atomic E-state index is 12.6. The van der Waals surface area contributed by atoms with Crippen molar-refractivity contribution in [3.8, 4) is 11.1 Å². The Kier molecular flexibility index (Phi) is 3.62. The number of halogens is 4. The van der Waals surface area contributed by atoms with E-state index in [1.54, 1.807) is 12.1 Å². The number of rotatable bonds is 2. The zero-order valence-electron chi connectivity index (χ0n) is 9.54. The lowest BCUT2D eigenvalue weighted by molar-refractivity contribution is -0.137. The minimum atomic E-state index is -4.41. The fraction of sp³-hybridized carbons (Fsp3) is 0.0714. The third-order valence-electron chi connectivity index (χ3n) is 2.66. The van der Waals surface area contributed by atoms with E-state index >= 15 is 0 Å². The largest absolute Gasteiger partial charge is 0.416 e. The number of carbonyl (C=O) groups is 1.